The second kappa shape index (κ2) is 9.37. The van der Waals surface area contributed by atoms with Crippen LogP contribution in [0.2, 0.25) is 0 Å². The summed E-state index contributed by atoms with van der Waals surface area (Å²) in [5.74, 6) is 1.36. The van der Waals surface area contributed by atoms with Crippen LogP contribution in [0.5, 0.6) is 5.75 Å². The summed E-state index contributed by atoms with van der Waals surface area (Å²) in [6.45, 7) is 8.04. The molecule has 4 nitrogen and oxygen atoms in total. The Morgan fingerprint density at radius 1 is 1.25 bits per heavy atom. The fraction of sp³-hybridized carbons (Fsp3) is 0.562. The summed E-state index contributed by atoms with van der Waals surface area (Å²) in [6, 6.07) is 7.36. The summed E-state index contributed by atoms with van der Waals surface area (Å²) in [7, 11) is 0. The molecule has 1 amide bonds. The Balaban J connectivity index is 2.14. The van der Waals surface area contributed by atoms with Gasteiger partial charge in [-0.05, 0) is 30.2 Å². The van der Waals surface area contributed by atoms with E-state index in [9.17, 15) is 4.79 Å². The largest absolute Gasteiger partial charge is 0.494 e. The average Bonchev–Trinajstić information content (AvgIpc) is 2.43. The van der Waals surface area contributed by atoms with Crippen molar-refractivity contribution in [1.29, 1.82) is 0 Å². The van der Waals surface area contributed by atoms with Crippen molar-refractivity contribution in [3.05, 3.63) is 24.3 Å². The Bertz CT molecular complexity index is 389. The van der Waals surface area contributed by atoms with Crippen molar-refractivity contribution < 1.29 is 14.3 Å². The summed E-state index contributed by atoms with van der Waals surface area (Å²) in [5.41, 5.74) is 0.779. The number of carbonyl (C=O) groups is 1. The number of hydrogen-bond acceptors (Lipinski definition) is 3. The highest BCUT2D eigenvalue weighted by molar-refractivity contribution is 5.88. The van der Waals surface area contributed by atoms with E-state index in [4.69, 9.17) is 9.47 Å². The van der Waals surface area contributed by atoms with Crippen LogP contribution < -0.4 is 10.1 Å². The number of nitrogens with one attached hydrogen (secondary N) is 1. The summed E-state index contributed by atoms with van der Waals surface area (Å²) in [4.78, 5) is 10.9. The molecule has 1 N–H and O–H groups in total. The lowest BCUT2D eigenvalue weighted by atomic mass is 10.1. The maximum Gasteiger partial charge on any atom is 0.221 e. The first-order valence-corrected chi connectivity index (χ1v) is 7.20. The van der Waals surface area contributed by atoms with E-state index in [-0.39, 0.29) is 5.91 Å². The lowest BCUT2D eigenvalue weighted by Crippen LogP contribution is -2.08. The summed E-state index contributed by atoms with van der Waals surface area (Å²) >= 11 is 0. The Kier molecular flexibility index (Phi) is 7.73. The predicted molar refractivity (Wildman–Crippen MR) is 81.1 cm³/mol. The van der Waals surface area contributed by atoms with Crippen LogP contribution >= 0.6 is 0 Å². The molecule has 0 aromatic heterocycles. The minimum absolute atomic E-state index is 0.0721. The van der Waals surface area contributed by atoms with E-state index in [0.717, 1.165) is 37.5 Å². The van der Waals surface area contributed by atoms with Gasteiger partial charge in [-0.25, -0.2) is 0 Å². The minimum atomic E-state index is -0.0721. The van der Waals surface area contributed by atoms with Gasteiger partial charge in [0.2, 0.25) is 5.91 Å². The Hall–Kier alpha value is -1.55. The van der Waals surface area contributed by atoms with Crippen LogP contribution in [-0.4, -0.2) is 25.7 Å². The van der Waals surface area contributed by atoms with Gasteiger partial charge >= 0.3 is 0 Å². The summed E-state index contributed by atoms with van der Waals surface area (Å²) < 4.78 is 11.2. The second-order valence-corrected chi connectivity index (χ2v) is 5.00. The molecule has 0 fully saturated rings. The molecule has 0 spiro atoms. The molecule has 0 aliphatic rings. The molecular formula is C16H25NO3. The van der Waals surface area contributed by atoms with Gasteiger partial charge in [0, 0.05) is 32.2 Å². The van der Waals surface area contributed by atoms with Gasteiger partial charge in [0.25, 0.3) is 0 Å². The van der Waals surface area contributed by atoms with Gasteiger partial charge in [-0.3, -0.25) is 4.79 Å². The van der Waals surface area contributed by atoms with E-state index in [1.54, 1.807) is 0 Å². The number of hydrogen-bond donors (Lipinski definition) is 1. The zero-order chi connectivity index (χ0) is 14.8. The third-order valence-corrected chi connectivity index (χ3v) is 2.98. The molecule has 0 bridgehead atoms. The van der Waals surface area contributed by atoms with Crippen molar-refractivity contribution in [1.82, 2.24) is 0 Å². The van der Waals surface area contributed by atoms with Crippen LogP contribution in [0.15, 0.2) is 24.3 Å². The number of amides is 1. The Labute approximate surface area is 121 Å². The lowest BCUT2D eigenvalue weighted by Gasteiger charge is -2.10. The third-order valence-electron chi connectivity index (χ3n) is 2.98. The number of benzene rings is 1. The van der Waals surface area contributed by atoms with Crippen LogP contribution in [0.4, 0.5) is 5.69 Å². The molecule has 0 heterocycles. The Morgan fingerprint density at radius 2 is 1.95 bits per heavy atom. The van der Waals surface area contributed by atoms with Crippen molar-refractivity contribution in [2.24, 2.45) is 5.92 Å². The van der Waals surface area contributed by atoms with Gasteiger partial charge < -0.3 is 14.8 Å². The highest BCUT2D eigenvalue weighted by Crippen LogP contribution is 2.15. The maximum absolute atomic E-state index is 10.9. The van der Waals surface area contributed by atoms with E-state index in [0.29, 0.717) is 12.5 Å². The third kappa shape index (κ3) is 7.14. The molecule has 1 atom stereocenters. The topological polar surface area (TPSA) is 47.6 Å². The van der Waals surface area contributed by atoms with Gasteiger partial charge in [-0.1, -0.05) is 20.3 Å². The lowest BCUT2D eigenvalue weighted by molar-refractivity contribution is -0.114. The monoisotopic (exact) mass is 279 g/mol. The normalized spacial score (nSPS) is 11.9. The molecule has 1 rings (SSSR count). The van der Waals surface area contributed by atoms with Crippen LogP contribution in [0.25, 0.3) is 0 Å². The summed E-state index contributed by atoms with van der Waals surface area (Å²) in [6.07, 6.45) is 2.03. The van der Waals surface area contributed by atoms with Crippen LogP contribution in [0.3, 0.4) is 0 Å². The van der Waals surface area contributed by atoms with Gasteiger partial charge in [0.15, 0.2) is 0 Å². The van der Waals surface area contributed by atoms with Crippen LogP contribution in [-0.2, 0) is 9.53 Å². The second-order valence-electron chi connectivity index (χ2n) is 5.00. The van der Waals surface area contributed by atoms with E-state index < -0.39 is 0 Å². The standard InChI is InChI=1S/C16H25NO3/c1-4-13(2)12-19-10-5-11-20-16-8-6-15(7-9-16)17-14(3)18/h6-9,13H,4-5,10-12H2,1-3H3,(H,17,18). The first-order valence-electron chi connectivity index (χ1n) is 7.20. The van der Waals surface area contributed by atoms with Crippen LogP contribution in [0, 0.1) is 5.92 Å². The van der Waals surface area contributed by atoms with Crippen molar-refractivity contribution in [3.63, 3.8) is 0 Å². The van der Waals surface area contributed by atoms with Gasteiger partial charge in [0.1, 0.15) is 5.75 Å². The first-order chi connectivity index (χ1) is 9.61. The number of anilines is 1. The Morgan fingerprint density at radius 3 is 2.55 bits per heavy atom. The van der Waals surface area contributed by atoms with Gasteiger partial charge in [-0.2, -0.15) is 0 Å². The first kappa shape index (κ1) is 16.5. The van der Waals surface area contributed by atoms with Crippen molar-refractivity contribution in [2.45, 2.75) is 33.6 Å². The van der Waals surface area contributed by atoms with E-state index in [1.807, 2.05) is 24.3 Å². The fourth-order valence-corrected chi connectivity index (χ4v) is 1.59. The zero-order valence-corrected chi connectivity index (χ0v) is 12.6. The molecule has 20 heavy (non-hydrogen) atoms. The van der Waals surface area contributed by atoms with Crippen LogP contribution in [0.1, 0.15) is 33.6 Å². The minimum Gasteiger partial charge on any atom is -0.494 e. The molecule has 0 saturated heterocycles. The smallest absolute Gasteiger partial charge is 0.221 e. The van der Waals surface area contributed by atoms with Crippen molar-refractivity contribution in [3.8, 4) is 5.75 Å². The number of carbonyl (C=O) groups excluding carboxylic acids is 1. The highest BCUT2D eigenvalue weighted by Gasteiger charge is 1.99. The fourth-order valence-electron chi connectivity index (χ4n) is 1.59. The summed E-state index contributed by atoms with van der Waals surface area (Å²) in [5, 5.41) is 2.72. The molecule has 0 saturated carbocycles. The number of ether oxygens (including phenoxy) is 2. The molecule has 1 aromatic rings. The molecule has 4 heteroatoms. The molecule has 0 aliphatic carbocycles. The molecule has 112 valence electrons. The molecule has 1 unspecified atom stereocenters. The van der Waals surface area contributed by atoms with Gasteiger partial charge in [0.05, 0.1) is 6.61 Å². The van der Waals surface area contributed by atoms with E-state index in [1.165, 1.54) is 6.92 Å². The molecule has 0 aliphatic heterocycles. The quantitative estimate of drug-likeness (QED) is 0.704. The highest BCUT2D eigenvalue weighted by atomic mass is 16.5. The zero-order valence-electron chi connectivity index (χ0n) is 12.6. The molecule has 1 aromatic carbocycles. The predicted octanol–water partition coefficient (Wildman–Crippen LogP) is 3.48. The average molecular weight is 279 g/mol. The number of rotatable bonds is 9. The van der Waals surface area contributed by atoms with Gasteiger partial charge in [-0.15, -0.1) is 0 Å². The van der Waals surface area contributed by atoms with Crippen molar-refractivity contribution >= 4 is 11.6 Å². The molecular weight excluding hydrogens is 254 g/mol. The molecule has 0 radical (unpaired) electrons. The van der Waals surface area contributed by atoms with Crippen molar-refractivity contribution in [2.75, 3.05) is 25.1 Å². The van der Waals surface area contributed by atoms with E-state index >= 15 is 0 Å². The van der Waals surface area contributed by atoms with E-state index in [2.05, 4.69) is 19.2 Å². The maximum atomic E-state index is 10.9. The SMILES string of the molecule is CCC(C)COCCCOc1ccc(NC(C)=O)cc1.